The summed E-state index contributed by atoms with van der Waals surface area (Å²) in [4.78, 5) is 0. The first kappa shape index (κ1) is 29.3. The molecule has 0 bridgehead atoms. The number of nitrogen functional groups attached to an aromatic ring is 4. The van der Waals surface area contributed by atoms with Gasteiger partial charge in [-0.2, -0.15) is 0 Å². The number of benzene rings is 4. The Bertz CT molecular complexity index is 1120. The highest BCUT2D eigenvalue weighted by Crippen LogP contribution is 2.28. The second kappa shape index (κ2) is 13.4. The zero-order valence-corrected chi connectivity index (χ0v) is 22.6. The highest BCUT2D eigenvalue weighted by molar-refractivity contribution is 5.72. The van der Waals surface area contributed by atoms with Gasteiger partial charge in [0.2, 0.25) is 0 Å². The van der Waals surface area contributed by atoms with Crippen LogP contribution in [0.2, 0.25) is 0 Å². The van der Waals surface area contributed by atoms with E-state index in [1.807, 2.05) is 24.3 Å². The van der Waals surface area contributed by atoms with E-state index in [0.29, 0.717) is 0 Å². The number of rotatable bonds is 6. The summed E-state index contributed by atoms with van der Waals surface area (Å²) in [7, 11) is 0. The molecule has 0 spiro atoms. The zero-order valence-electron chi connectivity index (χ0n) is 22.6. The molecule has 4 aromatic carbocycles. The first-order valence-corrected chi connectivity index (χ1v) is 12.8. The van der Waals surface area contributed by atoms with E-state index in [0.717, 1.165) is 48.4 Å². The van der Waals surface area contributed by atoms with Crippen LogP contribution in [0, 0.1) is 0 Å². The molecule has 0 unspecified atom stereocenters. The fourth-order valence-corrected chi connectivity index (χ4v) is 4.37. The highest BCUT2D eigenvalue weighted by Gasteiger charge is 2.06. The fourth-order valence-electron chi connectivity index (χ4n) is 4.37. The predicted molar refractivity (Wildman–Crippen MR) is 163 cm³/mol. The molecule has 0 saturated carbocycles. The van der Waals surface area contributed by atoms with Gasteiger partial charge in [0, 0.05) is 22.7 Å². The molecule has 4 rings (SSSR count). The minimum absolute atomic E-state index is 0. The van der Waals surface area contributed by atoms with Gasteiger partial charge in [-0.05, 0) is 119 Å². The topological polar surface area (TPSA) is 136 Å². The van der Waals surface area contributed by atoms with Crippen molar-refractivity contribution in [2.24, 2.45) is 0 Å². The Morgan fingerprint density at radius 3 is 0.730 bits per heavy atom. The van der Waals surface area contributed by atoms with Crippen molar-refractivity contribution < 1.29 is 5.48 Å². The normalized spacial score (nSPS) is 10.3. The Balaban J connectivity index is 0.000000253. The van der Waals surface area contributed by atoms with Crippen molar-refractivity contribution >= 4 is 22.7 Å². The van der Waals surface area contributed by atoms with Crippen LogP contribution in [0.4, 0.5) is 22.7 Å². The van der Waals surface area contributed by atoms with Crippen molar-refractivity contribution in [3.63, 3.8) is 0 Å². The second-order valence-electron chi connectivity index (χ2n) is 9.07. The minimum atomic E-state index is 0. The molecule has 4 aromatic rings. The van der Waals surface area contributed by atoms with E-state index >= 15 is 0 Å². The molecular weight excluding hydrogens is 456 g/mol. The van der Waals surface area contributed by atoms with Crippen LogP contribution in [0.3, 0.4) is 0 Å². The molecule has 5 nitrogen and oxygen atoms in total. The molecule has 0 aromatic heterocycles. The van der Waals surface area contributed by atoms with Crippen LogP contribution < -0.4 is 22.9 Å². The van der Waals surface area contributed by atoms with Gasteiger partial charge in [-0.25, -0.2) is 0 Å². The lowest BCUT2D eigenvalue weighted by molar-refractivity contribution is 0.824. The average molecular weight is 499 g/mol. The lowest BCUT2D eigenvalue weighted by Crippen LogP contribution is -1.95. The Morgan fingerprint density at radius 1 is 0.378 bits per heavy atom. The van der Waals surface area contributed by atoms with E-state index in [-0.39, 0.29) is 5.48 Å². The van der Waals surface area contributed by atoms with E-state index in [9.17, 15) is 0 Å². The molecule has 0 aliphatic heterocycles. The van der Waals surface area contributed by atoms with Crippen LogP contribution >= 0.6 is 0 Å². The molecule has 0 atom stereocenters. The van der Waals surface area contributed by atoms with Crippen LogP contribution in [0.15, 0.2) is 72.8 Å². The molecule has 5 heteroatoms. The van der Waals surface area contributed by atoms with Crippen molar-refractivity contribution in [2.75, 3.05) is 22.9 Å². The molecule has 37 heavy (non-hydrogen) atoms. The summed E-state index contributed by atoms with van der Waals surface area (Å²) >= 11 is 0. The average Bonchev–Trinajstić information content (AvgIpc) is 2.90. The van der Waals surface area contributed by atoms with E-state index in [2.05, 4.69) is 76.2 Å². The minimum Gasteiger partial charge on any atom is -0.412 e. The van der Waals surface area contributed by atoms with Gasteiger partial charge in [-0.1, -0.05) is 52.0 Å². The monoisotopic (exact) mass is 498 g/mol. The maximum absolute atomic E-state index is 5.94. The fraction of sp³-hybridized carbons (Fsp3) is 0.250. The Labute approximate surface area is 221 Å². The predicted octanol–water partition coefficient (Wildman–Crippen LogP) is 6.46. The van der Waals surface area contributed by atoms with Gasteiger partial charge in [0.25, 0.3) is 0 Å². The van der Waals surface area contributed by atoms with Crippen LogP contribution in [0.1, 0.15) is 49.9 Å². The second-order valence-corrected chi connectivity index (χ2v) is 9.07. The Hall–Kier alpha value is -3.96. The summed E-state index contributed by atoms with van der Waals surface area (Å²) in [6, 6.07) is 24.9. The Morgan fingerprint density at radius 2 is 0.568 bits per heavy atom. The number of anilines is 4. The third kappa shape index (κ3) is 7.05. The summed E-state index contributed by atoms with van der Waals surface area (Å²) in [6.45, 7) is 8.48. The molecule has 0 aliphatic rings. The largest absolute Gasteiger partial charge is 0.412 e. The van der Waals surface area contributed by atoms with Crippen molar-refractivity contribution in [3.8, 4) is 22.3 Å². The van der Waals surface area contributed by atoms with Crippen molar-refractivity contribution in [2.45, 2.75) is 53.4 Å². The van der Waals surface area contributed by atoms with Crippen molar-refractivity contribution in [1.82, 2.24) is 0 Å². The van der Waals surface area contributed by atoms with E-state index < -0.39 is 0 Å². The van der Waals surface area contributed by atoms with Gasteiger partial charge >= 0.3 is 0 Å². The molecule has 0 amide bonds. The number of hydrogen-bond acceptors (Lipinski definition) is 4. The highest BCUT2D eigenvalue weighted by atomic mass is 16.0. The van der Waals surface area contributed by atoms with Gasteiger partial charge in [0.15, 0.2) is 0 Å². The number of hydrogen-bond donors (Lipinski definition) is 4. The van der Waals surface area contributed by atoms with Crippen molar-refractivity contribution in [1.29, 1.82) is 0 Å². The molecular formula is C32H42N4O. The zero-order chi connectivity index (χ0) is 26.2. The maximum atomic E-state index is 5.94. The van der Waals surface area contributed by atoms with Crippen LogP contribution in [-0.2, 0) is 25.7 Å². The molecule has 0 heterocycles. The van der Waals surface area contributed by atoms with Crippen LogP contribution in [0.5, 0.6) is 0 Å². The van der Waals surface area contributed by atoms with Gasteiger partial charge in [0.05, 0.1) is 0 Å². The lowest BCUT2D eigenvalue weighted by Gasteiger charge is -2.10. The smallest absolute Gasteiger partial charge is 0.0346 e. The number of nitrogens with two attached hydrogens (primary N) is 4. The first-order valence-electron chi connectivity index (χ1n) is 12.8. The molecule has 10 N–H and O–H groups in total. The molecule has 196 valence electrons. The summed E-state index contributed by atoms with van der Waals surface area (Å²) in [5, 5.41) is 0. The standard InChI is InChI=1S/2C16H20N2.H2O/c2*1-3-11-9-13(5-7-15(11)17)14-6-8-16(18)12(4-2)10-14;/h2*5-10H,3-4,17-18H2,1-2H3;1H2. The molecule has 0 radical (unpaired) electrons. The Kier molecular flexibility index (Phi) is 10.6. The number of aryl methyl sites for hydroxylation is 4. The van der Waals surface area contributed by atoms with Crippen molar-refractivity contribution in [3.05, 3.63) is 95.1 Å². The van der Waals surface area contributed by atoms with Gasteiger partial charge in [-0.15, -0.1) is 0 Å². The SMILES string of the molecule is CCc1cc(-c2ccc(N)c(CC)c2)ccc1N.CCc1cc(-c2ccc(N)c(CC)c2)ccc1N.O. The van der Waals surface area contributed by atoms with E-state index in [1.165, 1.54) is 44.5 Å². The summed E-state index contributed by atoms with van der Waals surface area (Å²) in [5.74, 6) is 0. The summed E-state index contributed by atoms with van der Waals surface area (Å²) in [6.07, 6.45) is 3.81. The van der Waals surface area contributed by atoms with Crippen LogP contribution in [-0.4, -0.2) is 5.48 Å². The van der Waals surface area contributed by atoms with E-state index in [4.69, 9.17) is 22.9 Å². The summed E-state index contributed by atoms with van der Waals surface area (Å²) < 4.78 is 0. The lowest BCUT2D eigenvalue weighted by atomic mass is 9.98. The third-order valence-electron chi connectivity index (χ3n) is 6.76. The van der Waals surface area contributed by atoms with Gasteiger partial charge in [-0.3, -0.25) is 0 Å². The van der Waals surface area contributed by atoms with E-state index in [1.54, 1.807) is 0 Å². The quantitative estimate of drug-likeness (QED) is 0.227. The first-order chi connectivity index (χ1) is 17.3. The van der Waals surface area contributed by atoms with Gasteiger partial charge < -0.3 is 28.4 Å². The third-order valence-corrected chi connectivity index (χ3v) is 6.76. The van der Waals surface area contributed by atoms with Gasteiger partial charge in [0.1, 0.15) is 0 Å². The summed E-state index contributed by atoms with van der Waals surface area (Å²) in [5.41, 5.74) is 36.8. The molecule has 0 aliphatic carbocycles. The molecule has 0 fully saturated rings. The van der Waals surface area contributed by atoms with Crippen LogP contribution in [0.25, 0.3) is 22.3 Å². The molecule has 0 saturated heterocycles. The maximum Gasteiger partial charge on any atom is 0.0346 e.